The quantitative estimate of drug-likeness (QED) is 0.837. The molecule has 5 nitrogen and oxygen atoms in total. The summed E-state index contributed by atoms with van der Waals surface area (Å²) < 4.78 is 1.83. The predicted molar refractivity (Wildman–Crippen MR) is 78.9 cm³/mol. The highest BCUT2D eigenvalue weighted by Gasteiger charge is 2.06. The van der Waals surface area contributed by atoms with Crippen LogP contribution in [0.5, 0.6) is 0 Å². The van der Waals surface area contributed by atoms with Gasteiger partial charge in [0.1, 0.15) is 0 Å². The molecular formula is C14H21N5. The number of nitrogens with one attached hydrogen (secondary N) is 2. The maximum absolute atomic E-state index is 4.42. The van der Waals surface area contributed by atoms with E-state index in [9.17, 15) is 0 Å². The number of anilines is 3. The van der Waals surface area contributed by atoms with Gasteiger partial charge in [-0.15, -0.1) is 0 Å². The molecule has 2 rings (SSSR count). The lowest BCUT2D eigenvalue weighted by Crippen LogP contribution is -2.01. The number of aryl methyl sites for hydroxylation is 2. The third kappa shape index (κ3) is 3.47. The molecule has 0 fully saturated rings. The van der Waals surface area contributed by atoms with Gasteiger partial charge in [0.25, 0.3) is 0 Å². The van der Waals surface area contributed by atoms with E-state index >= 15 is 0 Å². The number of hydrogen-bond donors (Lipinski definition) is 2. The fourth-order valence-corrected chi connectivity index (χ4v) is 1.93. The highest BCUT2D eigenvalue weighted by molar-refractivity contribution is 5.64. The van der Waals surface area contributed by atoms with Crippen molar-refractivity contribution in [2.75, 3.05) is 17.2 Å². The van der Waals surface area contributed by atoms with E-state index in [2.05, 4.69) is 40.6 Å². The van der Waals surface area contributed by atoms with Crippen LogP contribution in [0.1, 0.15) is 26.0 Å². The summed E-state index contributed by atoms with van der Waals surface area (Å²) in [7, 11) is 1.93. The van der Waals surface area contributed by atoms with E-state index in [-0.39, 0.29) is 0 Å². The van der Waals surface area contributed by atoms with Crippen LogP contribution in [0.15, 0.2) is 24.7 Å². The van der Waals surface area contributed by atoms with Crippen LogP contribution in [-0.2, 0) is 13.5 Å². The molecule has 19 heavy (non-hydrogen) atoms. The number of hydrogen-bond acceptors (Lipinski definition) is 4. The maximum atomic E-state index is 4.42. The van der Waals surface area contributed by atoms with E-state index in [1.165, 1.54) is 0 Å². The summed E-state index contributed by atoms with van der Waals surface area (Å²) in [6, 6.07) is 2.06. The lowest BCUT2D eigenvalue weighted by molar-refractivity contribution is 0.746. The van der Waals surface area contributed by atoms with Crippen LogP contribution in [-0.4, -0.2) is 21.3 Å². The first-order chi connectivity index (χ1) is 9.22. The van der Waals surface area contributed by atoms with Crippen LogP contribution < -0.4 is 10.6 Å². The van der Waals surface area contributed by atoms with Crippen molar-refractivity contribution in [1.29, 1.82) is 0 Å². The number of aromatic nitrogens is 3. The van der Waals surface area contributed by atoms with Gasteiger partial charge in [0.05, 0.1) is 35.1 Å². The molecule has 0 radical (unpaired) electrons. The Balaban J connectivity index is 2.13. The topological polar surface area (TPSA) is 54.8 Å². The fourth-order valence-electron chi connectivity index (χ4n) is 1.93. The van der Waals surface area contributed by atoms with Gasteiger partial charge in [-0.2, -0.15) is 5.10 Å². The van der Waals surface area contributed by atoms with Crippen molar-refractivity contribution in [3.63, 3.8) is 0 Å². The van der Waals surface area contributed by atoms with Gasteiger partial charge in [-0.05, 0) is 18.9 Å². The average Bonchev–Trinajstić information content (AvgIpc) is 2.77. The minimum atomic E-state index is 0.907. The molecule has 102 valence electrons. The summed E-state index contributed by atoms with van der Waals surface area (Å²) in [5.41, 5.74) is 4.12. The Labute approximate surface area is 114 Å². The molecule has 0 aliphatic heterocycles. The molecular weight excluding hydrogens is 238 g/mol. The third-order valence-electron chi connectivity index (χ3n) is 2.84. The van der Waals surface area contributed by atoms with Gasteiger partial charge in [0.15, 0.2) is 0 Å². The van der Waals surface area contributed by atoms with Crippen LogP contribution >= 0.6 is 0 Å². The lowest BCUT2D eigenvalue weighted by atomic mass is 10.3. The van der Waals surface area contributed by atoms with Crippen molar-refractivity contribution >= 4 is 17.1 Å². The zero-order valence-corrected chi connectivity index (χ0v) is 11.8. The molecule has 2 aromatic heterocycles. The first kappa shape index (κ1) is 13.4. The van der Waals surface area contributed by atoms with E-state index in [0.717, 1.165) is 42.1 Å². The molecule has 0 spiro atoms. The van der Waals surface area contributed by atoms with E-state index in [1.54, 1.807) is 0 Å². The molecule has 0 amide bonds. The van der Waals surface area contributed by atoms with Crippen LogP contribution in [0.2, 0.25) is 0 Å². The Morgan fingerprint density at radius 3 is 2.74 bits per heavy atom. The highest BCUT2D eigenvalue weighted by atomic mass is 15.3. The van der Waals surface area contributed by atoms with E-state index in [1.807, 2.05) is 30.3 Å². The third-order valence-corrected chi connectivity index (χ3v) is 2.84. The molecule has 0 atom stereocenters. The van der Waals surface area contributed by atoms with Gasteiger partial charge in [-0.3, -0.25) is 9.67 Å². The van der Waals surface area contributed by atoms with E-state index in [0.29, 0.717) is 0 Å². The zero-order valence-electron chi connectivity index (χ0n) is 11.8. The lowest BCUT2D eigenvalue weighted by Gasteiger charge is -2.08. The Bertz CT molecular complexity index is 532. The molecule has 0 saturated heterocycles. The van der Waals surface area contributed by atoms with Crippen LogP contribution in [0.3, 0.4) is 0 Å². The molecule has 0 aromatic carbocycles. The summed E-state index contributed by atoms with van der Waals surface area (Å²) in [5.74, 6) is 0. The molecule has 0 saturated carbocycles. The largest absolute Gasteiger partial charge is 0.384 e. The van der Waals surface area contributed by atoms with Crippen molar-refractivity contribution in [2.24, 2.45) is 7.05 Å². The number of nitrogens with zero attached hydrogens (tertiary/aromatic N) is 3. The maximum Gasteiger partial charge on any atom is 0.0856 e. The van der Waals surface area contributed by atoms with Crippen molar-refractivity contribution in [3.05, 3.63) is 30.4 Å². The smallest absolute Gasteiger partial charge is 0.0856 e. The van der Waals surface area contributed by atoms with Crippen molar-refractivity contribution < 1.29 is 0 Å². The minimum Gasteiger partial charge on any atom is -0.384 e. The molecule has 0 unspecified atom stereocenters. The monoisotopic (exact) mass is 259 g/mol. The normalized spacial score (nSPS) is 10.5. The van der Waals surface area contributed by atoms with Gasteiger partial charge in [-0.1, -0.05) is 13.8 Å². The standard InChI is InChI=1S/C14H21N5/c1-4-6-16-11-7-12(9-15-8-11)17-14-10-19(3)18-13(14)5-2/h7-10,16-17H,4-6H2,1-3H3. The van der Waals surface area contributed by atoms with Crippen LogP contribution in [0, 0.1) is 0 Å². The van der Waals surface area contributed by atoms with Gasteiger partial charge in [-0.25, -0.2) is 0 Å². The summed E-state index contributed by atoms with van der Waals surface area (Å²) in [4.78, 5) is 4.24. The first-order valence-corrected chi connectivity index (χ1v) is 6.71. The summed E-state index contributed by atoms with van der Waals surface area (Å²) in [6.07, 6.45) is 7.66. The summed E-state index contributed by atoms with van der Waals surface area (Å²) in [5, 5.41) is 11.1. The van der Waals surface area contributed by atoms with Crippen LogP contribution in [0.25, 0.3) is 0 Å². The molecule has 2 N–H and O–H groups in total. The minimum absolute atomic E-state index is 0.907. The Morgan fingerprint density at radius 2 is 2.00 bits per heavy atom. The molecule has 0 bridgehead atoms. The summed E-state index contributed by atoms with van der Waals surface area (Å²) >= 11 is 0. The SMILES string of the molecule is CCCNc1cncc(Nc2cn(C)nc2CC)c1. The van der Waals surface area contributed by atoms with Crippen molar-refractivity contribution in [2.45, 2.75) is 26.7 Å². The zero-order chi connectivity index (χ0) is 13.7. The van der Waals surface area contributed by atoms with E-state index in [4.69, 9.17) is 0 Å². The van der Waals surface area contributed by atoms with Gasteiger partial charge >= 0.3 is 0 Å². The fraction of sp³-hybridized carbons (Fsp3) is 0.429. The number of pyridine rings is 1. The molecule has 2 heterocycles. The Hall–Kier alpha value is -2.04. The van der Waals surface area contributed by atoms with Gasteiger partial charge < -0.3 is 10.6 Å². The first-order valence-electron chi connectivity index (χ1n) is 6.71. The van der Waals surface area contributed by atoms with Crippen LogP contribution in [0.4, 0.5) is 17.1 Å². The molecule has 0 aliphatic carbocycles. The second kappa shape index (κ2) is 6.22. The van der Waals surface area contributed by atoms with Gasteiger partial charge in [0, 0.05) is 19.8 Å². The van der Waals surface area contributed by atoms with E-state index < -0.39 is 0 Å². The predicted octanol–water partition coefficient (Wildman–Crippen LogP) is 2.94. The molecule has 5 heteroatoms. The van der Waals surface area contributed by atoms with Crippen molar-refractivity contribution in [3.8, 4) is 0 Å². The number of rotatable bonds is 6. The second-order valence-electron chi connectivity index (χ2n) is 4.53. The Morgan fingerprint density at radius 1 is 1.21 bits per heavy atom. The van der Waals surface area contributed by atoms with Gasteiger partial charge in [0.2, 0.25) is 0 Å². The summed E-state index contributed by atoms with van der Waals surface area (Å²) in [6.45, 7) is 5.20. The molecule has 0 aliphatic rings. The highest BCUT2D eigenvalue weighted by Crippen LogP contribution is 2.21. The molecule has 2 aromatic rings. The van der Waals surface area contributed by atoms with Crippen molar-refractivity contribution in [1.82, 2.24) is 14.8 Å². The average molecular weight is 259 g/mol. The second-order valence-corrected chi connectivity index (χ2v) is 4.53. The Kier molecular flexibility index (Phi) is 4.39.